The van der Waals surface area contributed by atoms with Crippen LogP contribution < -0.4 is 10.5 Å². The molecule has 1 rings (SSSR count). The van der Waals surface area contributed by atoms with Gasteiger partial charge in [0.1, 0.15) is 12.4 Å². The van der Waals surface area contributed by atoms with Crippen molar-refractivity contribution in [3.8, 4) is 5.75 Å². The molecule has 0 bridgehead atoms. The molecule has 0 spiro atoms. The Bertz CT molecular complexity index is 334. The van der Waals surface area contributed by atoms with Crippen LogP contribution in [0.15, 0.2) is 18.2 Å². The average Bonchev–Trinajstić information content (AvgIpc) is 2.14. The zero-order valence-corrected chi connectivity index (χ0v) is 9.71. The first-order valence-corrected chi connectivity index (χ1v) is 5.14. The average molecular weight is 230 g/mol. The van der Waals surface area contributed by atoms with E-state index in [2.05, 4.69) is 0 Å². The van der Waals surface area contributed by atoms with Gasteiger partial charge in [-0.2, -0.15) is 0 Å². The summed E-state index contributed by atoms with van der Waals surface area (Å²) in [5, 5.41) is 10.1. The Morgan fingerprint density at radius 1 is 1.47 bits per heavy atom. The molecule has 15 heavy (non-hydrogen) atoms. The maximum Gasteiger partial charge on any atom is 0.124 e. The number of hydrogen-bond acceptors (Lipinski definition) is 3. The van der Waals surface area contributed by atoms with Crippen LogP contribution in [0.2, 0.25) is 5.02 Å². The van der Waals surface area contributed by atoms with Crippen LogP contribution in [-0.4, -0.2) is 17.3 Å². The highest BCUT2D eigenvalue weighted by Crippen LogP contribution is 2.23. The van der Waals surface area contributed by atoms with E-state index in [1.165, 1.54) is 0 Å². The Hall–Kier alpha value is -0.770. The van der Waals surface area contributed by atoms with Gasteiger partial charge in [0.25, 0.3) is 0 Å². The smallest absolute Gasteiger partial charge is 0.124 e. The summed E-state index contributed by atoms with van der Waals surface area (Å²) in [5.74, 6) is 0.670. The fourth-order valence-corrected chi connectivity index (χ4v) is 1.30. The molecule has 0 atom stereocenters. The van der Waals surface area contributed by atoms with Gasteiger partial charge in [0.05, 0.1) is 5.60 Å². The first-order valence-electron chi connectivity index (χ1n) is 4.76. The van der Waals surface area contributed by atoms with E-state index in [0.29, 0.717) is 17.3 Å². The molecule has 0 radical (unpaired) electrons. The second-order valence-corrected chi connectivity index (χ2v) is 4.49. The highest BCUT2D eigenvalue weighted by atomic mass is 35.5. The van der Waals surface area contributed by atoms with Crippen molar-refractivity contribution < 1.29 is 9.84 Å². The van der Waals surface area contributed by atoms with Crippen LogP contribution in [0.25, 0.3) is 0 Å². The molecule has 84 valence electrons. The first-order chi connectivity index (χ1) is 6.92. The largest absolute Gasteiger partial charge is 0.490 e. The van der Waals surface area contributed by atoms with Crippen molar-refractivity contribution in [3.63, 3.8) is 0 Å². The van der Waals surface area contributed by atoms with Crippen molar-refractivity contribution in [3.05, 3.63) is 28.8 Å². The minimum Gasteiger partial charge on any atom is -0.490 e. The zero-order valence-electron chi connectivity index (χ0n) is 8.96. The molecule has 3 nitrogen and oxygen atoms in total. The van der Waals surface area contributed by atoms with Gasteiger partial charge in [0.15, 0.2) is 0 Å². The third-order valence-electron chi connectivity index (χ3n) is 1.82. The number of nitrogens with two attached hydrogens (primary N) is 1. The van der Waals surface area contributed by atoms with Gasteiger partial charge in [-0.05, 0) is 32.0 Å². The van der Waals surface area contributed by atoms with Gasteiger partial charge in [-0.1, -0.05) is 11.6 Å². The second-order valence-electron chi connectivity index (χ2n) is 4.06. The predicted octanol–water partition coefficient (Wildman–Crippen LogP) is 1.95. The van der Waals surface area contributed by atoms with E-state index in [1.54, 1.807) is 32.0 Å². The molecule has 0 aliphatic rings. The van der Waals surface area contributed by atoms with E-state index >= 15 is 0 Å². The molecule has 1 aromatic rings. The minimum absolute atomic E-state index is 0.224. The lowest BCUT2D eigenvalue weighted by Crippen LogP contribution is -2.28. The van der Waals surface area contributed by atoms with Crippen LogP contribution in [-0.2, 0) is 6.54 Å². The summed E-state index contributed by atoms with van der Waals surface area (Å²) in [4.78, 5) is 0. The molecule has 0 fully saturated rings. The van der Waals surface area contributed by atoms with Gasteiger partial charge in [-0.3, -0.25) is 0 Å². The maximum absolute atomic E-state index is 9.51. The Balaban J connectivity index is 2.76. The van der Waals surface area contributed by atoms with Crippen molar-refractivity contribution >= 4 is 11.6 Å². The lowest BCUT2D eigenvalue weighted by molar-refractivity contribution is 0.0282. The van der Waals surface area contributed by atoms with Crippen LogP contribution in [0, 0.1) is 0 Å². The summed E-state index contributed by atoms with van der Waals surface area (Å²) in [6, 6.07) is 5.26. The molecule has 0 saturated carbocycles. The summed E-state index contributed by atoms with van der Waals surface area (Å²) >= 11 is 5.83. The second kappa shape index (κ2) is 4.84. The Morgan fingerprint density at radius 3 is 2.67 bits per heavy atom. The van der Waals surface area contributed by atoms with Crippen LogP contribution in [0.1, 0.15) is 19.4 Å². The Kier molecular flexibility index (Phi) is 3.97. The summed E-state index contributed by atoms with van der Waals surface area (Å²) < 4.78 is 5.46. The molecule has 1 aromatic carbocycles. The van der Waals surface area contributed by atoms with Crippen molar-refractivity contribution in [1.29, 1.82) is 0 Å². The van der Waals surface area contributed by atoms with Crippen LogP contribution in [0.5, 0.6) is 5.75 Å². The van der Waals surface area contributed by atoms with Gasteiger partial charge < -0.3 is 15.6 Å². The fourth-order valence-electron chi connectivity index (χ4n) is 1.10. The topological polar surface area (TPSA) is 55.5 Å². The van der Waals surface area contributed by atoms with E-state index in [9.17, 15) is 5.11 Å². The van der Waals surface area contributed by atoms with Crippen molar-refractivity contribution in [2.45, 2.75) is 26.0 Å². The number of halogens is 1. The Labute approximate surface area is 94.8 Å². The lowest BCUT2D eigenvalue weighted by Gasteiger charge is -2.19. The summed E-state index contributed by atoms with van der Waals surface area (Å²) in [7, 11) is 0. The van der Waals surface area contributed by atoms with Crippen LogP contribution in [0.3, 0.4) is 0 Å². The van der Waals surface area contributed by atoms with Crippen LogP contribution >= 0.6 is 11.6 Å². The monoisotopic (exact) mass is 229 g/mol. The maximum atomic E-state index is 9.51. The minimum atomic E-state index is -0.856. The zero-order chi connectivity index (χ0) is 11.5. The standard InChI is InChI=1S/C11H16ClNO2/c1-11(2,14)7-15-10-4-3-9(12)5-8(10)6-13/h3-5,14H,6-7,13H2,1-2H3. The quantitative estimate of drug-likeness (QED) is 0.830. The SMILES string of the molecule is CC(C)(O)COc1ccc(Cl)cc1CN. The molecule has 4 heteroatoms. The molecule has 0 aromatic heterocycles. The van der Waals surface area contributed by atoms with Gasteiger partial charge in [-0.25, -0.2) is 0 Å². The molecule has 0 amide bonds. The molecular weight excluding hydrogens is 214 g/mol. The summed E-state index contributed by atoms with van der Waals surface area (Å²) in [6.07, 6.45) is 0. The fraction of sp³-hybridized carbons (Fsp3) is 0.455. The number of hydrogen-bond donors (Lipinski definition) is 2. The number of aliphatic hydroxyl groups is 1. The van der Waals surface area contributed by atoms with E-state index in [-0.39, 0.29) is 6.61 Å². The first kappa shape index (κ1) is 12.3. The third kappa shape index (κ3) is 4.08. The van der Waals surface area contributed by atoms with E-state index in [1.807, 2.05) is 0 Å². The molecule has 0 saturated heterocycles. The lowest BCUT2D eigenvalue weighted by atomic mass is 10.1. The molecule has 0 heterocycles. The highest BCUT2D eigenvalue weighted by Gasteiger charge is 2.14. The predicted molar refractivity (Wildman–Crippen MR) is 61.1 cm³/mol. The normalized spacial score (nSPS) is 11.5. The molecule has 0 unspecified atom stereocenters. The van der Waals surface area contributed by atoms with Gasteiger partial charge in [0, 0.05) is 17.1 Å². The van der Waals surface area contributed by atoms with Gasteiger partial charge in [-0.15, -0.1) is 0 Å². The van der Waals surface area contributed by atoms with Gasteiger partial charge in [0.2, 0.25) is 0 Å². The molecule has 3 N–H and O–H groups in total. The summed E-state index contributed by atoms with van der Waals surface area (Å²) in [5.41, 5.74) is 5.54. The third-order valence-corrected chi connectivity index (χ3v) is 2.06. The molecule has 0 aliphatic carbocycles. The van der Waals surface area contributed by atoms with E-state index < -0.39 is 5.60 Å². The van der Waals surface area contributed by atoms with Crippen LogP contribution in [0.4, 0.5) is 0 Å². The van der Waals surface area contributed by atoms with Crippen molar-refractivity contribution in [1.82, 2.24) is 0 Å². The van der Waals surface area contributed by atoms with Crippen molar-refractivity contribution in [2.24, 2.45) is 5.73 Å². The molecule has 0 aliphatic heterocycles. The number of ether oxygens (including phenoxy) is 1. The molecular formula is C11H16ClNO2. The highest BCUT2D eigenvalue weighted by molar-refractivity contribution is 6.30. The van der Waals surface area contributed by atoms with E-state index in [0.717, 1.165) is 5.56 Å². The van der Waals surface area contributed by atoms with E-state index in [4.69, 9.17) is 22.1 Å². The number of rotatable bonds is 4. The van der Waals surface area contributed by atoms with Gasteiger partial charge >= 0.3 is 0 Å². The van der Waals surface area contributed by atoms with Crippen molar-refractivity contribution in [2.75, 3.05) is 6.61 Å². The number of benzene rings is 1. The Morgan fingerprint density at radius 2 is 2.13 bits per heavy atom. The summed E-state index contributed by atoms with van der Waals surface area (Å²) in [6.45, 7) is 3.96.